The van der Waals surface area contributed by atoms with Gasteiger partial charge in [0.25, 0.3) is 0 Å². The number of rotatable bonds is 5. The van der Waals surface area contributed by atoms with E-state index in [1.807, 2.05) is 121 Å². The Kier molecular flexibility index (Phi) is 39.5. The Hall–Kier alpha value is -8.60. The fourth-order valence-electron chi connectivity index (χ4n) is 7.56. The van der Waals surface area contributed by atoms with E-state index < -0.39 is 0 Å². The molecule has 0 aliphatic heterocycles. The largest absolute Gasteiger partial charge is 0.269 e. The first kappa shape index (κ1) is 79.4. The molecule has 0 bridgehead atoms. The van der Waals surface area contributed by atoms with Crippen LogP contribution in [0, 0.1) is 59.2 Å². The second-order valence-corrected chi connectivity index (χ2v) is 21.8. The molecule has 0 nitrogen and oxygen atoms in total. The van der Waals surface area contributed by atoms with Crippen LogP contribution < -0.4 is 0 Å². The van der Waals surface area contributed by atoms with Gasteiger partial charge < -0.3 is 0 Å². The zero-order chi connectivity index (χ0) is 60.4. The average molecular weight is 1290 g/mol. The Morgan fingerprint density at radius 1 is 0.167 bits per heavy atom. The van der Waals surface area contributed by atoms with Crippen molar-refractivity contribution in [2.24, 2.45) is 0 Å². The average Bonchev–Trinajstić information content (AvgIpc) is 3.65. The molecule has 0 saturated carbocycles. The normalized spacial score (nSPS) is 9.00. The second-order valence-electron chi connectivity index (χ2n) is 19.2. The summed E-state index contributed by atoms with van der Waals surface area (Å²) in [5.74, 6) is 31.5. The topological polar surface area (TPSA) is 0 Å². The molecule has 0 saturated heterocycles. The van der Waals surface area contributed by atoms with Crippen molar-refractivity contribution in [2.45, 2.75) is 91.2 Å². The lowest BCUT2D eigenvalue weighted by atomic mass is 10.1. The molecule has 0 aliphatic carbocycles. The third-order valence-corrected chi connectivity index (χ3v) is 14.4. The molecular formula is C80H75F5S5. The van der Waals surface area contributed by atoms with Crippen LogP contribution in [0.4, 0.5) is 23.5 Å². The third kappa shape index (κ3) is 30.5. The molecule has 0 atom stereocenters. The molecule has 10 rings (SSSR count). The summed E-state index contributed by atoms with van der Waals surface area (Å²) in [4.78, 5) is 4.80. The quantitative estimate of drug-likeness (QED) is 0.0633. The number of hydrogen-bond acceptors (Lipinski definition) is 5. The molecule has 0 heterocycles. The molecule has 10 aromatic carbocycles. The maximum absolute atomic E-state index is 4.24. The monoisotopic (exact) mass is 1290 g/mol. The van der Waals surface area contributed by atoms with E-state index >= 15 is 0 Å². The van der Waals surface area contributed by atoms with Crippen LogP contribution in [0.1, 0.15) is 118 Å². The molecule has 0 fully saturated rings. The van der Waals surface area contributed by atoms with Gasteiger partial charge in [-0.15, -0.1) is 63.1 Å². The van der Waals surface area contributed by atoms with Crippen LogP contribution >= 0.6 is 63.1 Å². The molecule has 10 aromatic rings. The van der Waals surface area contributed by atoms with Gasteiger partial charge in [0.05, 0.1) is 0 Å². The maximum Gasteiger partial charge on any atom is 0.0249 e. The fourth-order valence-corrected chi connectivity index (χ4v) is 8.31. The van der Waals surface area contributed by atoms with Gasteiger partial charge in [-0.3, -0.25) is 23.5 Å². The molecule has 0 amide bonds. The highest BCUT2D eigenvalue weighted by atomic mass is 32.1. The van der Waals surface area contributed by atoms with Crippen LogP contribution in [0.15, 0.2) is 267 Å². The van der Waals surface area contributed by atoms with E-state index in [0.717, 1.165) is 112 Å². The molecule has 0 radical (unpaired) electrons. The van der Waals surface area contributed by atoms with Crippen molar-refractivity contribution in [1.82, 2.24) is 0 Å². The van der Waals surface area contributed by atoms with Crippen molar-refractivity contribution in [3.63, 3.8) is 0 Å². The predicted octanol–water partition coefficient (Wildman–Crippen LogP) is 20.5. The first-order chi connectivity index (χ1) is 41.4. The summed E-state index contributed by atoms with van der Waals surface area (Å²) in [5, 5.41) is 0. The zero-order valence-corrected chi connectivity index (χ0v) is 55.4. The van der Waals surface area contributed by atoms with E-state index in [1.54, 1.807) is 0 Å². The summed E-state index contributed by atoms with van der Waals surface area (Å²) in [7, 11) is 0. The van der Waals surface area contributed by atoms with Crippen molar-refractivity contribution < 1.29 is 23.5 Å². The predicted molar refractivity (Wildman–Crippen MR) is 390 cm³/mol. The zero-order valence-electron chi connectivity index (χ0n) is 50.9. The standard InChI is InChI=1S/5C16H14S.5FH/c5*1-2-13-3-5-14(6-4-13)7-8-15-9-11-16(17)12-10-15;;;;;/h5*3-6,9-12,17H,2H2,1H3;5*1H. The molecule has 0 aliphatic rings. The van der Waals surface area contributed by atoms with Gasteiger partial charge in [0.1, 0.15) is 0 Å². The molecular weight excluding hydrogens is 1220 g/mol. The smallest absolute Gasteiger partial charge is 0.0249 e. The van der Waals surface area contributed by atoms with E-state index in [2.05, 4.69) is 278 Å². The number of hydrogen-bond donors (Lipinski definition) is 5. The van der Waals surface area contributed by atoms with Crippen LogP contribution in [0.25, 0.3) is 0 Å². The van der Waals surface area contributed by atoms with Crippen molar-refractivity contribution in [1.29, 1.82) is 0 Å². The Balaban J connectivity index is 0.000000555. The molecule has 10 heteroatoms. The van der Waals surface area contributed by atoms with Crippen LogP contribution in [-0.2, 0) is 32.1 Å². The molecule has 0 unspecified atom stereocenters. The Morgan fingerprint density at radius 3 is 0.344 bits per heavy atom. The second kappa shape index (κ2) is 44.8. The molecule has 0 N–H and O–H groups in total. The van der Waals surface area contributed by atoms with E-state index in [9.17, 15) is 0 Å². The summed E-state index contributed by atoms with van der Waals surface area (Å²) in [5.41, 5.74) is 17.1. The van der Waals surface area contributed by atoms with E-state index in [-0.39, 0.29) is 23.5 Å². The summed E-state index contributed by atoms with van der Waals surface area (Å²) in [6.07, 6.45) is 5.33. The lowest BCUT2D eigenvalue weighted by molar-refractivity contribution is 1.11. The highest BCUT2D eigenvalue weighted by molar-refractivity contribution is 7.81. The maximum atomic E-state index is 4.24. The molecule has 0 spiro atoms. The van der Waals surface area contributed by atoms with Crippen molar-refractivity contribution >= 4 is 63.1 Å². The Bertz CT molecular complexity index is 3340. The highest BCUT2D eigenvalue weighted by Gasteiger charge is 1.96. The van der Waals surface area contributed by atoms with Gasteiger partial charge in [-0.05, 0) is 242 Å². The molecule has 90 heavy (non-hydrogen) atoms. The Labute approximate surface area is 559 Å². The minimum atomic E-state index is 0. The van der Waals surface area contributed by atoms with E-state index in [0.29, 0.717) is 0 Å². The lowest BCUT2D eigenvalue weighted by Crippen LogP contribution is -1.80. The summed E-state index contributed by atoms with van der Waals surface area (Å²) < 4.78 is 0. The fraction of sp³-hybridized carbons (Fsp3) is 0.125. The van der Waals surface area contributed by atoms with Gasteiger partial charge in [-0.25, -0.2) is 0 Å². The van der Waals surface area contributed by atoms with Gasteiger partial charge in [0.2, 0.25) is 0 Å². The molecule has 0 aromatic heterocycles. The SMILES string of the molecule is CCc1ccc(C#Cc2ccc(S)cc2)cc1.CCc1ccc(C#Cc2ccc(S)cc2)cc1.CCc1ccc(C#Cc2ccc(S)cc2)cc1.CCc1ccc(C#Cc2ccc(S)cc2)cc1.CCc1ccc(C#Cc2ccc(S)cc2)cc1.F.F.F.F.F. The van der Waals surface area contributed by atoms with Crippen molar-refractivity contribution in [3.05, 3.63) is 326 Å². The number of halogens is 5. The first-order valence-corrected chi connectivity index (χ1v) is 30.6. The summed E-state index contributed by atoms with van der Waals surface area (Å²) in [6.45, 7) is 10.8. The van der Waals surface area contributed by atoms with Gasteiger partial charge >= 0.3 is 0 Å². The number of thiol groups is 5. The van der Waals surface area contributed by atoms with Crippen LogP contribution in [-0.4, -0.2) is 0 Å². The van der Waals surface area contributed by atoms with Crippen LogP contribution in [0.3, 0.4) is 0 Å². The highest BCUT2D eigenvalue weighted by Crippen LogP contribution is 2.14. The van der Waals surface area contributed by atoms with Gasteiger partial charge in [-0.1, -0.05) is 154 Å². The number of aryl methyl sites for hydroxylation is 5. The van der Waals surface area contributed by atoms with Gasteiger partial charge in [-0.2, -0.15) is 0 Å². The van der Waals surface area contributed by atoms with Crippen LogP contribution in [0.2, 0.25) is 0 Å². The Morgan fingerprint density at radius 2 is 0.256 bits per heavy atom. The summed E-state index contributed by atoms with van der Waals surface area (Å²) in [6, 6.07) is 81.3. The van der Waals surface area contributed by atoms with Crippen molar-refractivity contribution in [2.75, 3.05) is 0 Å². The lowest BCUT2D eigenvalue weighted by Gasteiger charge is -1.95. The first-order valence-electron chi connectivity index (χ1n) is 28.4. The summed E-state index contributed by atoms with van der Waals surface area (Å²) >= 11 is 21.2. The van der Waals surface area contributed by atoms with Gasteiger partial charge in [0.15, 0.2) is 0 Å². The van der Waals surface area contributed by atoms with Gasteiger partial charge in [0, 0.05) is 80.1 Å². The minimum Gasteiger partial charge on any atom is -0.269 e. The van der Waals surface area contributed by atoms with E-state index in [4.69, 9.17) is 0 Å². The number of benzene rings is 10. The van der Waals surface area contributed by atoms with Crippen LogP contribution in [0.5, 0.6) is 0 Å². The third-order valence-electron chi connectivity index (χ3n) is 12.9. The minimum absolute atomic E-state index is 0. The van der Waals surface area contributed by atoms with Crippen molar-refractivity contribution in [3.8, 4) is 59.2 Å². The molecule has 460 valence electrons. The van der Waals surface area contributed by atoms with E-state index in [1.165, 1.54) is 27.8 Å².